The van der Waals surface area contributed by atoms with Gasteiger partial charge in [-0.3, -0.25) is 24.1 Å². The molecule has 2 aliphatic rings. The minimum absolute atomic E-state index is 0.164. The SMILES string of the molecule is CCCCN1C(=O)c2ccc(C(=O)Nc3cccc(C(=O)NC4CC4)c3)cc2C1=O. The summed E-state index contributed by atoms with van der Waals surface area (Å²) in [5.74, 6) is -1.26. The first-order valence-corrected chi connectivity index (χ1v) is 10.2. The third-order valence-electron chi connectivity index (χ3n) is 5.26. The smallest absolute Gasteiger partial charge is 0.261 e. The van der Waals surface area contributed by atoms with Crippen LogP contribution in [0.3, 0.4) is 0 Å². The largest absolute Gasteiger partial charge is 0.349 e. The molecule has 0 saturated heterocycles. The molecule has 2 aromatic carbocycles. The minimum atomic E-state index is -0.412. The number of rotatable bonds is 7. The summed E-state index contributed by atoms with van der Waals surface area (Å²) in [5, 5.41) is 5.67. The lowest BCUT2D eigenvalue weighted by molar-refractivity contribution is 0.0651. The van der Waals surface area contributed by atoms with E-state index in [0.717, 1.165) is 25.7 Å². The zero-order valence-corrected chi connectivity index (χ0v) is 16.7. The van der Waals surface area contributed by atoms with Crippen LogP contribution in [0.2, 0.25) is 0 Å². The first kappa shape index (κ1) is 19.8. The Labute approximate surface area is 174 Å². The number of unbranched alkanes of at least 4 members (excludes halogenated alkanes) is 1. The molecule has 0 radical (unpaired) electrons. The van der Waals surface area contributed by atoms with E-state index in [2.05, 4.69) is 10.6 Å². The highest BCUT2D eigenvalue weighted by molar-refractivity contribution is 6.22. The zero-order valence-electron chi connectivity index (χ0n) is 16.7. The number of hydrogen-bond donors (Lipinski definition) is 2. The standard InChI is InChI=1S/C23H23N3O4/c1-2-3-11-26-22(29)18-10-7-15(13-19(18)23(26)30)21(28)25-17-6-4-5-14(12-17)20(27)24-16-8-9-16/h4-7,10,12-13,16H,2-3,8-9,11H2,1H3,(H,24,27)(H,25,28). The van der Waals surface area contributed by atoms with Crippen molar-refractivity contribution in [1.82, 2.24) is 10.2 Å². The fourth-order valence-corrected chi connectivity index (χ4v) is 3.39. The number of hydrogen-bond acceptors (Lipinski definition) is 4. The third kappa shape index (κ3) is 3.96. The molecular weight excluding hydrogens is 382 g/mol. The maximum Gasteiger partial charge on any atom is 0.261 e. The Kier molecular flexibility index (Phi) is 5.35. The van der Waals surface area contributed by atoms with Crippen LogP contribution in [-0.4, -0.2) is 41.1 Å². The molecule has 0 spiro atoms. The number of anilines is 1. The second kappa shape index (κ2) is 8.10. The van der Waals surface area contributed by atoms with Crippen molar-refractivity contribution < 1.29 is 19.2 Å². The number of amides is 4. The van der Waals surface area contributed by atoms with E-state index < -0.39 is 5.91 Å². The van der Waals surface area contributed by atoms with Crippen LogP contribution in [-0.2, 0) is 0 Å². The normalized spacial score (nSPS) is 15.2. The maximum absolute atomic E-state index is 12.7. The van der Waals surface area contributed by atoms with Gasteiger partial charge in [-0.2, -0.15) is 0 Å². The van der Waals surface area contributed by atoms with Gasteiger partial charge in [0.05, 0.1) is 11.1 Å². The number of imide groups is 1. The molecule has 1 aliphatic carbocycles. The lowest BCUT2D eigenvalue weighted by atomic mass is 10.1. The molecule has 2 aromatic rings. The number of fused-ring (bicyclic) bond motifs is 1. The van der Waals surface area contributed by atoms with Gasteiger partial charge in [-0.1, -0.05) is 19.4 Å². The van der Waals surface area contributed by atoms with Crippen LogP contribution < -0.4 is 10.6 Å². The Morgan fingerprint density at radius 3 is 2.43 bits per heavy atom. The molecule has 4 rings (SSSR count). The van der Waals surface area contributed by atoms with Crippen molar-refractivity contribution in [2.45, 2.75) is 38.6 Å². The van der Waals surface area contributed by atoms with Crippen molar-refractivity contribution in [2.24, 2.45) is 0 Å². The Hall–Kier alpha value is -3.48. The van der Waals surface area contributed by atoms with Crippen molar-refractivity contribution in [3.8, 4) is 0 Å². The fourth-order valence-electron chi connectivity index (χ4n) is 3.39. The Morgan fingerprint density at radius 2 is 1.70 bits per heavy atom. The average molecular weight is 405 g/mol. The van der Waals surface area contributed by atoms with Crippen molar-refractivity contribution in [3.63, 3.8) is 0 Å². The molecule has 1 aliphatic heterocycles. The van der Waals surface area contributed by atoms with E-state index >= 15 is 0 Å². The van der Waals surface area contributed by atoms with Crippen LogP contribution in [0.15, 0.2) is 42.5 Å². The van der Waals surface area contributed by atoms with Crippen LogP contribution in [0.25, 0.3) is 0 Å². The molecular formula is C23H23N3O4. The second-order valence-corrected chi connectivity index (χ2v) is 7.66. The van der Waals surface area contributed by atoms with E-state index in [1.165, 1.54) is 23.1 Å². The van der Waals surface area contributed by atoms with Gasteiger partial charge in [0.25, 0.3) is 23.6 Å². The molecule has 4 amide bonds. The summed E-state index contributed by atoms with van der Waals surface area (Å²) in [7, 11) is 0. The van der Waals surface area contributed by atoms with Gasteiger partial charge in [0.15, 0.2) is 0 Å². The summed E-state index contributed by atoms with van der Waals surface area (Å²) in [5.41, 5.74) is 1.81. The highest BCUT2D eigenvalue weighted by Crippen LogP contribution is 2.25. The molecule has 1 heterocycles. The summed E-state index contributed by atoms with van der Waals surface area (Å²) in [6.07, 6.45) is 3.61. The Morgan fingerprint density at radius 1 is 0.967 bits per heavy atom. The molecule has 0 atom stereocenters. The predicted octanol–water partition coefficient (Wildman–Crippen LogP) is 3.23. The molecule has 7 heteroatoms. The lowest BCUT2D eigenvalue weighted by Gasteiger charge is -2.12. The number of nitrogens with zero attached hydrogens (tertiary/aromatic N) is 1. The molecule has 30 heavy (non-hydrogen) atoms. The van der Waals surface area contributed by atoms with E-state index in [1.807, 2.05) is 6.92 Å². The first-order chi connectivity index (χ1) is 14.5. The predicted molar refractivity (Wildman–Crippen MR) is 112 cm³/mol. The molecule has 7 nitrogen and oxygen atoms in total. The molecule has 2 N–H and O–H groups in total. The van der Waals surface area contributed by atoms with Gasteiger partial charge in [0, 0.05) is 29.4 Å². The van der Waals surface area contributed by atoms with Crippen LogP contribution in [0, 0.1) is 0 Å². The van der Waals surface area contributed by atoms with Gasteiger partial charge < -0.3 is 10.6 Å². The summed E-state index contributed by atoms with van der Waals surface area (Å²) in [4.78, 5) is 51.2. The van der Waals surface area contributed by atoms with Gasteiger partial charge in [0.1, 0.15) is 0 Å². The Balaban J connectivity index is 1.49. The molecule has 1 fully saturated rings. The van der Waals surface area contributed by atoms with Crippen molar-refractivity contribution in [1.29, 1.82) is 0 Å². The van der Waals surface area contributed by atoms with Crippen LogP contribution in [0.4, 0.5) is 5.69 Å². The Bertz CT molecular complexity index is 1040. The van der Waals surface area contributed by atoms with E-state index in [-0.39, 0.29) is 34.9 Å². The molecule has 0 aromatic heterocycles. The average Bonchev–Trinajstić information content (AvgIpc) is 3.53. The molecule has 0 bridgehead atoms. The number of nitrogens with one attached hydrogen (secondary N) is 2. The third-order valence-corrected chi connectivity index (χ3v) is 5.26. The quantitative estimate of drug-likeness (QED) is 0.692. The number of carbonyl (C=O) groups excluding carboxylic acids is 4. The molecule has 1 saturated carbocycles. The maximum atomic E-state index is 12.7. The summed E-state index contributed by atoms with van der Waals surface area (Å²) >= 11 is 0. The minimum Gasteiger partial charge on any atom is -0.349 e. The fraction of sp³-hybridized carbons (Fsp3) is 0.304. The van der Waals surface area contributed by atoms with Gasteiger partial charge in [-0.05, 0) is 55.7 Å². The van der Waals surface area contributed by atoms with E-state index in [4.69, 9.17) is 0 Å². The topological polar surface area (TPSA) is 95.6 Å². The van der Waals surface area contributed by atoms with E-state index in [0.29, 0.717) is 23.4 Å². The summed E-state index contributed by atoms with van der Waals surface area (Å²) < 4.78 is 0. The van der Waals surface area contributed by atoms with Crippen molar-refractivity contribution in [2.75, 3.05) is 11.9 Å². The monoisotopic (exact) mass is 405 g/mol. The second-order valence-electron chi connectivity index (χ2n) is 7.66. The van der Waals surface area contributed by atoms with E-state index in [1.54, 1.807) is 24.3 Å². The van der Waals surface area contributed by atoms with Crippen molar-refractivity contribution in [3.05, 3.63) is 64.7 Å². The van der Waals surface area contributed by atoms with Gasteiger partial charge in [-0.25, -0.2) is 0 Å². The van der Waals surface area contributed by atoms with E-state index in [9.17, 15) is 19.2 Å². The van der Waals surface area contributed by atoms with Crippen LogP contribution >= 0.6 is 0 Å². The van der Waals surface area contributed by atoms with Crippen LogP contribution in [0.1, 0.15) is 74.0 Å². The van der Waals surface area contributed by atoms with Crippen molar-refractivity contribution >= 4 is 29.3 Å². The number of carbonyl (C=O) groups is 4. The highest BCUT2D eigenvalue weighted by Gasteiger charge is 2.35. The van der Waals surface area contributed by atoms with Crippen LogP contribution in [0.5, 0.6) is 0 Å². The van der Waals surface area contributed by atoms with Gasteiger partial charge >= 0.3 is 0 Å². The summed E-state index contributed by atoms with van der Waals surface area (Å²) in [6, 6.07) is 11.5. The number of benzene rings is 2. The van der Waals surface area contributed by atoms with Gasteiger partial charge in [0.2, 0.25) is 0 Å². The summed E-state index contributed by atoms with van der Waals surface area (Å²) in [6.45, 7) is 2.37. The lowest BCUT2D eigenvalue weighted by Crippen LogP contribution is -2.30. The zero-order chi connectivity index (χ0) is 21.3. The first-order valence-electron chi connectivity index (χ1n) is 10.2. The highest BCUT2D eigenvalue weighted by atomic mass is 16.2. The molecule has 154 valence electrons. The van der Waals surface area contributed by atoms with Gasteiger partial charge in [-0.15, -0.1) is 0 Å². The molecule has 0 unspecified atom stereocenters.